The first-order chi connectivity index (χ1) is 11.6. The number of anilines is 1. The molecule has 0 saturated carbocycles. The summed E-state index contributed by atoms with van der Waals surface area (Å²) in [4.78, 5) is 44.2. The van der Waals surface area contributed by atoms with Crippen molar-refractivity contribution in [3.63, 3.8) is 0 Å². The molecule has 0 saturated heterocycles. The molecule has 122 valence electrons. The highest BCUT2D eigenvalue weighted by molar-refractivity contribution is 5.93. The molecule has 0 aliphatic heterocycles. The maximum absolute atomic E-state index is 12.7. The molecule has 7 nitrogen and oxygen atoms in total. The summed E-state index contributed by atoms with van der Waals surface area (Å²) in [6, 6.07) is 10.9. The van der Waals surface area contributed by atoms with Gasteiger partial charge < -0.3 is 10.3 Å². The van der Waals surface area contributed by atoms with Gasteiger partial charge in [0, 0.05) is 6.20 Å². The first-order valence-corrected chi connectivity index (χ1v) is 7.57. The van der Waals surface area contributed by atoms with E-state index in [4.69, 9.17) is 0 Å². The largest absolute Gasteiger partial charge is 0.329 e. The summed E-state index contributed by atoms with van der Waals surface area (Å²) in [6.07, 6.45) is 1.84. The fraction of sp³-hybridized carbons (Fsp3) is 0.176. The van der Waals surface area contributed by atoms with Crippen molar-refractivity contribution in [3.05, 3.63) is 69.5 Å². The number of fused-ring (bicyclic) bond motifs is 1. The van der Waals surface area contributed by atoms with Crippen LogP contribution >= 0.6 is 0 Å². The Morgan fingerprint density at radius 2 is 1.96 bits per heavy atom. The highest BCUT2D eigenvalue weighted by Gasteiger charge is 2.23. The lowest BCUT2D eigenvalue weighted by atomic mass is 10.2. The molecule has 3 aromatic rings. The van der Waals surface area contributed by atoms with Gasteiger partial charge in [-0.3, -0.25) is 9.59 Å². The van der Waals surface area contributed by atoms with E-state index in [1.807, 2.05) is 0 Å². The third-order valence-corrected chi connectivity index (χ3v) is 3.75. The third kappa shape index (κ3) is 2.83. The molecule has 0 aliphatic rings. The van der Waals surface area contributed by atoms with E-state index in [1.54, 1.807) is 55.6 Å². The number of H-pyrrole nitrogens is 1. The Morgan fingerprint density at radius 3 is 2.67 bits per heavy atom. The molecule has 0 fully saturated rings. The highest BCUT2D eigenvalue weighted by atomic mass is 16.2. The molecule has 1 atom stereocenters. The molecule has 0 unspecified atom stereocenters. The summed E-state index contributed by atoms with van der Waals surface area (Å²) in [5.41, 5.74) is -0.650. The molecule has 7 heteroatoms. The first kappa shape index (κ1) is 15.7. The van der Waals surface area contributed by atoms with Crippen LogP contribution in [-0.2, 0) is 4.79 Å². The molecule has 24 heavy (non-hydrogen) atoms. The second-order valence-electron chi connectivity index (χ2n) is 5.28. The predicted molar refractivity (Wildman–Crippen MR) is 91.0 cm³/mol. The van der Waals surface area contributed by atoms with E-state index in [0.29, 0.717) is 23.1 Å². The van der Waals surface area contributed by atoms with E-state index < -0.39 is 23.2 Å². The van der Waals surface area contributed by atoms with Gasteiger partial charge in [0.05, 0.1) is 10.9 Å². The summed E-state index contributed by atoms with van der Waals surface area (Å²) in [5.74, 6) is -0.0923. The molecule has 2 aromatic heterocycles. The number of hydrogen-bond donors (Lipinski definition) is 2. The molecule has 2 N–H and O–H groups in total. The van der Waals surface area contributed by atoms with Crippen molar-refractivity contribution in [1.29, 1.82) is 0 Å². The van der Waals surface area contributed by atoms with Crippen LogP contribution in [0, 0.1) is 0 Å². The zero-order valence-electron chi connectivity index (χ0n) is 13.0. The average molecular weight is 324 g/mol. The quantitative estimate of drug-likeness (QED) is 0.763. The van der Waals surface area contributed by atoms with Crippen LogP contribution in [0.4, 0.5) is 5.82 Å². The van der Waals surface area contributed by atoms with Crippen LogP contribution in [0.2, 0.25) is 0 Å². The van der Waals surface area contributed by atoms with Gasteiger partial charge in [0.1, 0.15) is 11.9 Å². The number of carbonyl (C=O) groups excluding carboxylic acids is 1. The number of nitrogens with zero attached hydrogens (tertiary/aromatic N) is 2. The van der Waals surface area contributed by atoms with Gasteiger partial charge in [0.25, 0.3) is 5.56 Å². The summed E-state index contributed by atoms with van der Waals surface area (Å²) in [6.45, 7) is 1.74. The van der Waals surface area contributed by atoms with Crippen molar-refractivity contribution in [2.24, 2.45) is 0 Å². The first-order valence-electron chi connectivity index (χ1n) is 7.57. The number of pyridine rings is 1. The number of para-hydroxylation sites is 1. The maximum Gasteiger partial charge on any atom is 0.329 e. The molecule has 0 bridgehead atoms. The minimum Gasteiger partial charge on any atom is -0.309 e. The molecule has 1 aromatic carbocycles. The Morgan fingerprint density at radius 1 is 1.21 bits per heavy atom. The molecule has 0 spiro atoms. The van der Waals surface area contributed by atoms with E-state index >= 15 is 0 Å². The molecule has 0 aliphatic carbocycles. The zero-order chi connectivity index (χ0) is 17.1. The number of amides is 1. The average Bonchev–Trinajstić information content (AvgIpc) is 2.59. The van der Waals surface area contributed by atoms with Gasteiger partial charge in [-0.2, -0.15) is 0 Å². The van der Waals surface area contributed by atoms with Gasteiger partial charge in [-0.25, -0.2) is 14.3 Å². The maximum atomic E-state index is 12.7. The van der Waals surface area contributed by atoms with E-state index in [-0.39, 0.29) is 0 Å². The van der Waals surface area contributed by atoms with Crippen molar-refractivity contribution in [1.82, 2.24) is 14.5 Å². The SMILES string of the molecule is CC[C@H](C(=O)Nc1ccccn1)n1c(=O)[nH]c2ccccc2c1=O. The van der Waals surface area contributed by atoms with Gasteiger partial charge in [-0.05, 0) is 30.7 Å². The van der Waals surface area contributed by atoms with Crippen molar-refractivity contribution in [2.45, 2.75) is 19.4 Å². The Balaban J connectivity index is 2.05. The number of aromatic nitrogens is 3. The third-order valence-electron chi connectivity index (χ3n) is 3.75. The van der Waals surface area contributed by atoms with E-state index in [1.165, 1.54) is 0 Å². The smallest absolute Gasteiger partial charge is 0.309 e. The lowest BCUT2D eigenvalue weighted by Crippen LogP contribution is -2.42. The number of hydrogen-bond acceptors (Lipinski definition) is 4. The Labute approximate surface area is 137 Å². The van der Waals surface area contributed by atoms with E-state index in [0.717, 1.165) is 4.57 Å². The van der Waals surface area contributed by atoms with E-state index in [2.05, 4.69) is 15.3 Å². The van der Waals surface area contributed by atoms with Crippen LogP contribution in [0.25, 0.3) is 10.9 Å². The highest BCUT2D eigenvalue weighted by Crippen LogP contribution is 2.12. The number of rotatable bonds is 4. The molecular weight excluding hydrogens is 308 g/mol. The molecule has 1 amide bonds. The van der Waals surface area contributed by atoms with Crippen molar-refractivity contribution < 1.29 is 4.79 Å². The summed E-state index contributed by atoms with van der Waals surface area (Å²) in [5, 5.41) is 2.99. The Kier molecular flexibility index (Phi) is 4.24. The van der Waals surface area contributed by atoms with Crippen molar-refractivity contribution in [3.8, 4) is 0 Å². The Hall–Kier alpha value is -3.22. The van der Waals surface area contributed by atoms with Crippen LogP contribution in [0.15, 0.2) is 58.3 Å². The fourth-order valence-corrected chi connectivity index (χ4v) is 2.59. The molecule has 0 radical (unpaired) electrons. The van der Waals surface area contributed by atoms with Crippen LogP contribution in [0.3, 0.4) is 0 Å². The molecule has 3 rings (SSSR count). The second-order valence-corrected chi connectivity index (χ2v) is 5.28. The zero-order valence-corrected chi connectivity index (χ0v) is 13.0. The number of aromatic amines is 1. The normalized spacial score (nSPS) is 12.0. The van der Waals surface area contributed by atoms with Crippen LogP contribution in [0.1, 0.15) is 19.4 Å². The summed E-state index contributed by atoms with van der Waals surface area (Å²) >= 11 is 0. The van der Waals surface area contributed by atoms with Crippen LogP contribution in [0.5, 0.6) is 0 Å². The number of carbonyl (C=O) groups is 1. The lowest BCUT2D eigenvalue weighted by Gasteiger charge is -2.17. The van der Waals surface area contributed by atoms with E-state index in [9.17, 15) is 14.4 Å². The monoisotopic (exact) mass is 324 g/mol. The van der Waals surface area contributed by atoms with Crippen LogP contribution in [-0.4, -0.2) is 20.4 Å². The minimum absolute atomic E-state index is 0.292. The van der Waals surface area contributed by atoms with Gasteiger partial charge in [-0.15, -0.1) is 0 Å². The molecular formula is C17H16N4O3. The predicted octanol–water partition coefficient (Wildman–Crippen LogP) is 1.67. The summed E-state index contributed by atoms with van der Waals surface area (Å²) in [7, 11) is 0. The Bertz CT molecular complexity index is 992. The van der Waals surface area contributed by atoms with Gasteiger partial charge >= 0.3 is 5.69 Å². The lowest BCUT2D eigenvalue weighted by molar-refractivity contribution is -0.119. The van der Waals surface area contributed by atoms with Crippen molar-refractivity contribution >= 4 is 22.6 Å². The fourth-order valence-electron chi connectivity index (χ4n) is 2.59. The number of nitrogens with one attached hydrogen (secondary N) is 2. The number of benzene rings is 1. The van der Waals surface area contributed by atoms with Crippen LogP contribution < -0.4 is 16.6 Å². The van der Waals surface area contributed by atoms with Gasteiger partial charge in [0.15, 0.2) is 0 Å². The second kappa shape index (κ2) is 6.49. The van der Waals surface area contributed by atoms with Gasteiger partial charge in [-0.1, -0.05) is 25.1 Å². The van der Waals surface area contributed by atoms with Gasteiger partial charge in [0.2, 0.25) is 5.91 Å². The minimum atomic E-state index is -0.923. The topological polar surface area (TPSA) is 96.8 Å². The molecule has 2 heterocycles. The van der Waals surface area contributed by atoms with Crippen molar-refractivity contribution in [2.75, 3.05) is 5.32 Å². The summed E-state index contributed by atoms with van der Waals surface area (Å²) < 4.78 is 0.959. The standard InChI is InChI=1S/C17H16N4O3/c1-2-13(15(22)20-14-9-5-6-10-18-14)21-16(23)11-7-3-4-8-12(11)19-17(21)24/h3-10,13H,2H2,1H3,(H,19,24)(H,18,20,22)/t13-/m1/s1.